The van der Waals surface area contributed by atoms with E-state index < -0.39 is 0 Å². The minimum atomic E-state index is 0.0126. The van der Waals surface area contributed by atoms with Gasteiger partial charge in [0.25, 0.3) is 0 Å². The molecule has 0 spiro atoms. The highest BCUT2D eigenvalue weighted by atomic mass is 16.5. The Morgan fingerprint density at radius 1 is 1.48 bits per heavy atom. The molecule has 1 amide bonds. The zero-order valence-electron chi connectivity index (χ0n) is 12.8. The first-order valence-corrected chi connectivity index (χ1v) is 7.46. The Hall–Kier alpha value is -1.43. The van der Waals surface area contributed by atoms with Gasteiger partial charge in [0, 0.05) is 31.9 Å². The van der Waals surface area contributed by atoms with Gasteiger partial charge in [-0.1, -0.05) is 18.2 Å². The van der Waals surface area contributed by atoms with Crippen molar-refractivity contribution in [3.8, 4) is 0 Å². The number of nitrogens with zero attached hydrogens (tertiary/aromatic N) is 1. The van der Waals surface area contributed by atoms with Gasteiger partial charge in [-0.2, -0.15) is 0 Å². The zero-order chi connectivity index (χ0) is 15.2. The van der Waals surface area contributed by atoms with E-state index in [1.807, 2.05) is 31.2 Å². The van der Waals surface area contributed by atoms with E-state index in [2.05, 4.69) is 10.2 Å². The second-order valence-electron chi connectivity index (χ2n) is 5.61. The number of carbonyl (C=O) groups excluding carboxylic acids is 1. The van der Waals surface area contributed by atoms with Gasteiger partial charge in [-0.3, -0.25) is 9.69 Å². The maximum Gasteiger partial charge on any atom is 0.238 e. The third-order valence-corrected chi connectivity index (χ3v) is 4.16. The molecule has 1 aromatic rings. The van der Waals surface area contributed by atoms with Crippen LogP contribution in [0.4, 0.5) is 5.69 Å². The van der Waals surface area contributed by atoms with E-state index in [0.717, 1.165) is 30.6 Å². The molecule has 1 aromatic carbocycles. The maximum atomic E-state index is 12.2. The van der Waals surface area contributed by atoms with Crippen molar-refractivity contribution < 1.29 is 9.53 Å². The van der Waals surface area contributed by atoms with Crippen LogP contribution >= 0.6 is 0 Å². The van der Waals surface area contributed by atoms with Crippen LogP contribution in [-0.4, -0.2) is 49.7 Å². The zero-order valence-corrected chi connectivity index (χ0v) is 12.8. The van der Waals surface area contributed by atoms with E-state index in [0.29, 0.717) is 13.1 Å². The molecule has 116 valence electrons. The number of nitrogens with two attached hydrogens (primary N) is 1. The quantitative estimate of drug-likeness (QED) is 0.860. The molecule has 1 aliphatic rings. The molecular weight excluding hydrogens is 266 g/mol. The molecule has 0 bridgehead atoms. The number of nitrogens with one attached hydrogen (secondary N) is 1. The second kappa shape index (κ2) is 7.54. The number of likely N-dealkylation sites (tertiary alicyclic amines) is 1. The van der Waals surface area contributed by atoms with E-state index in [1.165, 1.54) is 0 Å². The maximum absolute atomic E-state index is 12.2. The summed E-state index contributed by atoms with van der Waals surface area (Å²) in [5.41, 5.74) is 7.78. The Morgan fingerprint density at radius 2 is 2.24 bits per heavy atom. The first kappa shape index (κ1) is 15.9. The Bertz CT molecular complexity index is 478. The number of benzene rings is 1. The molecule has 2 unspecified atom stereocenters. The fourth-order valence-corrected chi connectivity index (χ4v) is 2.82. The monoisotopic (exact) mass is 291 g/mol. The van der Waals surface area contributed by atoms with Crippen LogP contribution in [0.5, 0.6) is 0 Å². The first-order valence-electron chi connectivity index (χ1n) is 7.46. The molecular formula is C16H25N3O2. The Labute approximate surface area is 126 Å². The van der Waals surface area contributed by atoms with Crippen LogP contribution in [0.1, 0.15) is 18.4 Å². The number of carbonyl (C=O) groups is 1. The summed E-state index contributed by atoms with van der Waals surface area (Å²) < 4.78 is 5.41. The van der Waals surface area contributed by atoms with Gasteiger partial charge in [0.05, 0.1) is 12.6 Å². The Balaban J connectivity index is 1.91. The third-order valence-electron chi connectivity index (χ3n) is 4.16. The number of aryl methyl sites for hydroxylation is 1. The SMILES string of the molecule is COC1CCN(CC(=O)Nc2ccccc2C)C(CN)C1. The van der Waals surface area contributed by atoms with Crippen molar-refractivity contribution in [1.82, 2.24) is 4.90 Å². The standard InChI is InChI=1S/C16H25N3O2/c1-12-5-3-4-6-15(12)18-16(20)11-19-8-7-14(21-2)9-13(19)10-17/h3-6,13-14H,7-11,17H2,1-2H3,(H,18,20). The van der Waals surface area contributed by atoms with Crippen LogP contribution in [0.15, 0.2) is 24.3 Å². The predicted octanol–water partition coefficient (Wildman–Crippen LogP) is 1.37. The molecule has 1 heterocycles. The molecule has 3 N–H and O–H groups in total. The van der Waals surface area contributed by atoms with Crippen LogP contribution < -0.4 is 11.1 Å². The van der Waals surface area contributed by atoms with Gasteiger partial charge in [0.15, 0.2) is 0 Å². The third kappa shape index (κ3) is 4.27. The van der Waals surface area contributed by atoms with Gasteiger partial charge in [-0.25, -0.2) is 0 Å². The van der Waals surface area contributed by atoms with E-state index >= 15 is 0 Å². The van der Waals surface area contributed by atoms with Crippen molar-refractivity contribution in [3.63, 3.8) is 0 Å². The topological polar surface area (TPSA) is 67.6 Å². The lowest BCUT2D eigenvalue weighted by Gasteiger charge is -2.37. The molecule has 1 saturated heterocycles. The summed E-state index contributed by atoms with van der Waals surface area (Å²) in [6.07, 6.45) is 2.10. The lowest BCUT2D eigenvalue weighted by Crippen LogP contribution is -2.51. The van der Waals surface area contributed by atoms with Crippen molar-refractivity contribution in [3.05, 3.63) is 29.8 Å². The minimum Gasteiger partial charge on any atom is -0.381 e. The van der Waals surface area contributed by atoms with Gasteiger partial charge < -0.3 is 15.8 Å². The second-order valence-corrected chi connectivity index (χ2v) is 5.61. The highest BCUT2D eigenvalue weighted by Gasteiger charge is 2.28. The molecule has 2 rings (SSSR count). The predicted molar refractivity (Wildman–Crippen MR) is 84.3 cm³/mol. The summed E-state index contributed by atoms with van der Waals surface area (Å²) in [6, 6.07) is 8.01. The number of anilines is 1. The number of methoxy groups -OCH3 is 1. The summed E-state index contributed by atoms with van der Waals surface area (Å²) in [7, 11) is 1.73. The number of para-hydroxylation sites is 1. The van der Waals surface area contributed by atoms with Crippen LogP contribution in [0.3, 0.4) is 0 Å². The number of rotatable bonds is 5. The van der Waals surface area contributed by atoms with E-state index in [9.17, 15) is 4.79 Å². The number of amides is 1. The summed E-state index contributed by atoms with van der Waals surface area (Å²) in [4.78, 5) is 14.4. The van der Waals surface area contributed by atoms with Gasteiger partial charge >= 0.3 is 0 Å². The number of hydrogen-bond donors (Lipinski definition) is 2. The molecule has 0 aromatic heterocycles. The van der Waals surface area contributed by atoms with Crippen LogP contribution in [0, 0.1) is 6.92 Å². The van der Waals surface area contributed by atoms with Crippen molar-refractivity contribution in [2.75, 3.05) is 32.1 Å². The number of hydrogen-bond acceptors (Lipinski definition) is 4. The van der Waals surface area contributed by atoms with Crippen molar-refractivity contribution in [2.24, 2.45) is 5.73 Å². The molecule has 21 heavy (non-hydrogen) atoms. The van der Waals surface area contributed by atoms with Crippen LogP contribution in [0.2, 0.25) is 0 Å². The molecule has 0 saturated carbocycles. The average Bonchev–Trinajstić information content (AvgIpc) is 2.50. The van der Waals surface area contributed by atoms with E-state index in [4.69, 9.17) is 10.5 Å². The molecule has 0 radical (unpaired) electrons. The highest BCUT2D eigenvalue weighted by Crippen LogP contribution is 2.19. The average molecular weight is 291 g/mol. The summed E-state index contributed by atoms with van der Waals surface area (Å²) in [5.74, 6) is 0.0126. The highest BCUT2D eigenvalue weighted by molar-refractivity contribution is 5.92. The van der Waals surface area contributed by atoms with Crippen molar-refractivity contribution in [2.45, 2.75) is 31.9 Å². The molecule has 2 atom stereocenters. The number of ether oxygens (including phenoxy) is 1. The smallest absolute Gasteiger partial charge is 0.238 e. The van der Waals surface area contributed by atoms with Crippen molar-refractivity contribution in [1.29, 1.82) is 0 Å². The molecule has 5 nitrogen and oxygen atoms in total. The van der Waals surface area contributed by atoms with E-state index in [-0.39, 0.29) is 18.1 Å². The van der Waals surface area contributed by atoms with Gasteiger partial charge in [0.2, 0.25) is 5.91 Å². The molecule has 1 aliphatic heterocycles. The van der Waals surface area contributed by atoms with Gasteiger partial charge in [-0.05, 0) is 31.4 Å². The number of piperidine rings is 1. The normalized spacial score (nSPS) is 23.0. The molecule has 0 aliphatic carbocycles. The van der Waals surface area contributed by atoms with Crippen LogP contribution in [0.25, 0.3) is 0 Å². The van der Waals surface area contributed by atoms with Gasteiger partial charge in [0.1, 0.15) is 0 Å². The Kier molecular flexibility index (Phi) is 5.73. The summed E-state index contributed by atoms with van der Waals surface area (Å²) in [6.45, 7) is 3.77. The van der Waals surface area contributed by atoms with E-state index in [1.54, 1.807) is 7.11 Å². The Morgan fingerprint density at radius 3 is 2.90 bits per heavy atom. The van der Waals surface area contributed by atoms with Crippen molar-refractivity contribution >= 4 is 11.6 Å². The summed E-state index contributed by atoms with van der Waals surface area (Å²) in [5, 5.41) is 2.97. The molecule has 5 heteroatoms. The van der Waals surface area contributed by atoms with Crippen LogP contribution in [-0.2, 0) is 9.53 Å². The largest absolute Gasteiger partial charge is 0.381 e. The van der Waals surface area contributed by atoms with Gasteiger partial charge in [-0.15, -0.1) is 0 Å². The fourth-order valence-electron chi connectivity index (χ4n) is 2.82. The lowest BCUT2D eigenvalue weighted by atomic mass is 9.99. The first-order chi connectivity index (χ1) is 10.1. The molecule has 1 fully saturated rings. The minimum absolute atomic E-state index is 0.0126. The fraction of sp³-hybridized carbons (Fsp3) is 0.562. The summed E-state index contributed by atoms with van der Waals surface area (Å²) >= 11 is 0. The lowest BCUT2D eigenvalue weighted by molar-refractivity contribution is -0.118.